The summed E-state index contributed by atoms with van der Waals surface area (Å²) < 4.78 is 5.27. The first-order valence-corrected chi connectivity index (χ1v) is 5.74. The molecule has 2 heterocycles. The Labute approximate surface area is 103 Å². The summed E-state index contributed by atoms with van der Waals surface area (Å²) in [5.74, 6) is 0.919. The van der Waals surface area contributed by atoms with Crippen molar-refractivity contribution in [3.8, 4) is 5.75 Å². The Kier molecular flexibility index (Phi) is 2.51. The molecular weight excluding hydrogens is 232 g/mol. The van der Waals surface area contributed by atoms with E-state index in [0.29, 0.717) is 0 Å². The summed E-state index contributed by atoms with van der Waals surface area (Å²) in [6, 6.07) is 6.77. The molecule has 2 aromatic rings. The number of hydrogen-bond donors (Lipinski definition) is 2. The third-order valence-corrected chi connectivity index (χ3v) is 3.06. The molecule has 1 aliphatic rings. The minimum absolute atomic E-state index is 0.0268. The molecule has 5 nitrogen and oxygen atoms in total. The molecule has 0 spiro atoms. The van der Waals surface area contributed by atoms with E-state index in [1.54, 1.807) is 12.3 Å². The van der Waals surface area contributed by atoms with E-state index in [1.807, 2.05) is 12.1 Å². The van der Waals surface area contributed by atoms with Gasteiger partial charge in [-0.05, 0) is 30.7 Å². The largest absolute Gasteiger partial charge is 0.504 e. The van der Waals surface area contributed by atoms with Gasteiger partial charge in [0.25, 0.3) is 0 Å². The highest BCUT2D eigenvalue weighted by Crippen LogP contribution is 2.48. The van der Waals surface area contributed by atoms with Crippen LogP contribution in [0.1, 0.15) is 18.1 Å². The molecular formula is C13H12N2O3. The maximum atomic E-state index is 11.9. The second-order valence-electron chi connectivity index (χ2n) is 4.32. The van der Waals surface area contributed by atoms with Crippen LogP contribution in [0.4, 0.5) is 5.82 Å². The van der Waals surface area contributed by atoms with Crippen LogP contribution in [-0.4, -0.2) is 16.0 Å². The number of furan rings is 1. The lowest BCUT2D eigenvalue weighted by atomic mass is 10.2. The highest BCUT2D eigenvalue weighted by atomic mass is 16.3. The van der Waals surface area contributed by atoms with Crippen LogP contribution in [0.15, 0.2) is 41.1 Å². The standard InChI is InChI=1S/C13H12N2O3/c16-10-3-1-5-14-12(10)15-13(17)9-7-8(9)11-4-2-6-18-11/h1-6,8-9,16H,7H2,(H,14,15,17)/t8-,9-/m0/s1. The summed E-state index contributed by atoms with van der Waals surface area (Å²) in [6.45, 7) is 0. The predicted molar refractivity (Wildman–Crippen MR) is 64.1 cm³/mol. The van der Waals surface area contributed by atoms with Crippen molar-refractivity contribution in [3.05, 3.63) is 42.5 Å². The van der Waals surface area contributed by atoms with Gasteiger partial charge in [0.2, 0.25) is 5.91 Å². The van der Waals surface area contributed by atoms with Crippen molar-refractivity contribution < 1.29 is 14.3 Å². The second-order valence-corrected chi connectivity index (χ2v) is 4.32. The number of nitrogens with zero attached hydrogens (tertiary/aromatic N) is 1. The number of pyridine rings is 1. The molecule has 0 radical (unpaired) electrons. The van der Waals surface area contributed by atoms with Crippen molar-refractivity contribution in [2.45, 2.75) is 12.3 Å². The molecule has 3 rings (SSSR count). The van der Waals surface area contributed by atoms with Gasteiger partial charge in [0, 0.05) is 18.0 Å². The van der Waals surface area contributed by atoms with Gasteiger partial charge in [-0.15, -0.1) is 0 Å². The summed E-state index contributed by atoms with van der Waals surface area (Å²) in [5, 5.41) is 12.1. The lowest BCUT2D eigenvalue weighted by Crippen LogP contribution is -2.15. The number of amides is 1. The smallest absolute Gasteiger partial charge is 0.229 e. The Morgan fingerprint density at radius 2 is 2.33 bits per heavy atom. The van der Waals surface area contributed by atoms with Crippen LogP contribution in [0, 0.1) is 5.92 Å². The second kappa shape index (κ2) is 4.18. The van der Waals surface area contributed by atoms with Crippen molar-refractivity contribution in [1.29, 1.82) is 0 Å². The molecule has 92 valence electrons. The highest BCUT2D eigenvalue weighted by molar-refractivity contribution is 5.95. The summed E-state index contributed by atoms with van der Waals surface area (Å²) in [7, 11) is 0. The number of hydrogen-bond acceptors (Lipinski definition) is 4. The quantitative estimate of drug-likeness (QED) is 0.867. The van der Waals surface area contributed by atoms with Crippen LogP contribution in [0.25, 0.3) is 0 Å². The van der Waals surface area contributed by atoms with Crippen LogP contribution in [0.5, 0.6) is 5.75 Å². The van der Waals surface area contributed by atoms with Crippen LogP contribution in [0.2, 0.25) is 0 Å². The van der Waals surface area contributed by atoms with E-state index in [0.717, 1.165) is 12.2 Å². The average molecular weight is 244 g/mol. The molecule has 0 bridgehead atoms. The van der Waals surface area contributed by atoms with Crippen LogP contribution in [0.3, 0.4) is 0 Å². The molecule has 2 N–H and O–H groups in total. The van der Waals surface area contributed by atoms with Crippen LogP contribution < -0.4 is 5.32 Å². The Morgan fingerprint density at radius 3 is 3.06 bits per heavy atom. The van der Waals surface area contributed by atoms with E-state index in [2.05, 4.69) is 10.3 Å². The first-order chi connectivity index (χ1) is 8.75. The van der Waals surface area contributed by atoms with Crippen molar-refractivity contribution in [2.24, 2.45) is 5.92 Å². The fourth-order valence-corrected chi connectivity index (χ4v) is 2.00. The molecule has 1 amide bonds. The Hall–Kier alpha value is -2.30. The molecule has 0 unspecified atom stereocenters. The molecule has 5 heteroatoms. The molecule has 1 fully saturated rings. The molecule has 0 aromatic carbocycles. The summed E-state index contributed by atoms with van der Waals surface area (Å²) in [4.78, 5) is 15.8. The van der Waals surface area contributed by atoms with Gasteiger partial charge >= 0.3 is 0 Å². The van der Waals surface area contributed by atoms with E-state index >= 15 is 0 Å². The number of aromatic nitrogens is 1. The summed E-state index contributed by atoms with van der Waals surface area (Å²) in [6.07, 6.45) is 3.90. The number of nitrogens with one attached hydrogen (secondary N) is 1. The minimum atomic E-state index is -0.134. The lowest BCUT2D eigenvalue weighted by Gasteiger charge is -2.04. The third kappa shape index (κ3) is 1.95. The number of anilines is 1. The number of carbonyl (C=O) groups excluding carboxylic acids is 1. The fourth-order valence-electron chi connectivity index (χ4n) is 2.00. The predicted octanol–water partition coefficient (Wildman–Crippen LogP) is 2.12. The lowest BCUT2D eigenvalue weighted by molar-refractivity contribution is -0.117. The van der Waals surface area contributed by atoms with Crippen molar-refractivity contribution >= 4 is 11.7 Å². The van der Waals surface area contributed by atoms with E-state index < -0.39 is 0 Å². The van der Waals surface area contributed by atoms with Crippen LogP contribution >= 0.6 is 0 Å². The maximum Gasteiger partial charge on any atom is 0.229 e. The number of carbonyl (C=O) groups is 1. The van der Waals surface area contributed by atoms with Gasteiger partial charge in [0.05, 0.1) is 6.26 Å². The summed E-state index contributed by atoms with van der Waals surface area (Å²) >= 11 is 0. The Balaban J connectivity index is 1.66. The topological polar surface area (TPSA) is 75.4 Å². The van der Waals surface area contributed by atoms with Gasteiger partial charge in [0.1, 0.15) is 5.76 Å². The van der Waals surface area contributed by atoms with E-state index in [9.17, 15) is 9.90 Å². The van der Waals surface area contributed by atoms with Gasteiger partial charge in [-0.1, -0.05) is 0 Å². The zero-order valence-electron chi connectivity index (χ0n) is 9.54. The molecule has 18 heavy (non-hydrogen) atoms. The summed E-state index contributed by atoms with van der Waals surface area (Å²) in [5.41, 5.74) is 0. The van der Waals surface area contributed by atoms with Crippen LogP contribution in [-0.2, 0) is 4.79 Å². The van der Waals surface area contributed by atoms with E-state index in [4.69, 9.17) is 4.42 Å². The normalized spacial score (nSPS) is 21.6. The van der Waals surface area contributed by atoms with Crippen molar-refractivity contribution in [2.75, 3.05) is 5.32 Å². The molecule has 1 aliphatic carbocycles. The maximum absolute atomic E-state index is 11.9. The van der Waals surface area contributed by atoms with Gasteiger partial charge in [-0.2, -0.15) is 0 Å². The number of rotatable bonds is 3. The third-order valence-electron chi connectivity index (χ3n) is 3.06. The molecule has 2 aromatic heterocycles. The van der Waals surface area contributed by atoms with Gasteiger partial charge < -0.3 is 14.8 Å². The zero-order chi connectivity index (χ0) is 12.5. The SMILES string of the molecule is O=C(Nc1ncccc1O)[C@H]1C[C@@H]1c1ccco1. The molecule has 2 atom stereocenters. The van der Waals surface area contributed by atoms with Gasteiger partial charge in [0.15, 0.2) is 11.6 Å². The van der Waals surface area contributed by atoms with Gasteiger partial charge in [-0.25, -0.2) is 4.98 Å². The van der Waals surface area contributed by atoms with Gasteiger partial charge in [-0.3, -0.25) is 4.79 Å². The molecule has 0 saturated heterocycles. The van der Waals surface area contributed by atoms with E-state index in [1.165, 1.54) is 12.3 Å². The molecule has 1 saturated carbocycles. The first kappa shape index (κ1) is 10.8. The Bertz CT molecular complexity index is 565. The minimum Gasteiger partial charge on any atom is -0.504 e. The Morgan fingerprint density at radius 1 is 1.44 bits per heavy atom. The number of aromatic hydroxyl groups is 1. The van der Waals surface area contributed by atoms with E-state index in [-0.39, 0.29) is 29.3 Å². The average Bonchev–Trinajstić information content (AvgIpc) is 2.99. The highest BCUT2D eigenvalue weighted by Gasteiger charge is 2.46. The first-order valence-electron chi connectivity index (χ1n) is 5.74. The fraction of sp³-hybridized carbons (Fsp3) is 0.231. The van der Waals surface area contributed by atoms with Crippen molar-refractivity contribution in [3.63, 3.8) is 0 Å². The van der Waals surface area contributed by atoms with Crippen molar-refractivity contribution in [1.82, 2.24) is 4.98 Å². The molecule has 0 aliphatic heterocycles. The zero-order valence-corrected chi connectivity index (χ0v) is 9.54. The monoisotopic (exact) mass is 244 g/mol.